The van der Waals surface area contributed by atoms with Crippen molar-refractivity contribution in [2.24, 2.45) is 0 Å². The molecule has 1 aliphatic rings. The minimum atomic E-state index is -0.0355. The van der Waals surface area contributed by atoms with E-state index in [4.69, 9.17) is 0 Å². The van der Waals surface area contributed by atoms with Crippen LogP contribution in [0.25, 0.3) is 5.65 Å². The smallest absolute Gasteiger partial charge is 0.274 e. The Labute approximate surface area is 164 Å². The van der Waals surface area contributed by atoms with Gasteiger partial charge in [0.05, 0.1) is 6.04 Å². The minimum absolute atomic E-state index is 0. The maximum atomic E-state index is 13.0. The third kappa shape index (κ3) is 3.82. The lowest BCUT2D eigenvalue weighted by Gasteiger charge is -2.36. The number of carbonyl (C=O) groups is 1. The van der Waals surface area contributed by atoms with E-state index in [0.29, 0.717) is 12.2 Å². The van der Waals surface area contributed by atoms with Gasteiger partial charge in [-0.3, -0.25) is 9.78 Å². The van der Waals surface area contributed by atoms with Crippen LogP contribution < -0.4 is 5.32 Å². The molecule has 3 aromatic rings. The molecule has 0 bridgehead atoms. The minimum Gasteiger partial charge on any atom is -0.328 e. The largest absolute Gasteiger partial charge is 0.328 e. The van der Waals surface area contributed by atoms with Gasteiger partial charge in [0.1, 0.15) is 11.3 Å². The number of imidazole rings is 1. The van der Waals surface area contributed by atoms with E-state index in [0.717, 1.165) is 29.9 Å². The van der Waals surface area contributed by atoms with Crippen molar-refractivity contribution >= 4 is 36.4 Å². The molecule has 1 saturated heterocycles. The molecule has 4 heterocycles. The van der Waals surface area contributed by atoms with Crippen LogP contribution in [-0.2, 0) is 0 Å². The zero-order chi connectivity index (χ0) is 16.5. The van der Waals surface area contributed by atoms with Crippen molar-refractivity contribution in [2.75, 3.05) is 19.6 Å². The van der Waals surface area contributed by atoms with Gasteiger partial charge < -0.3 is 14.6 Å². The standard InChI is InChI=1S/C18H19N5O.2ClH/c1-13-4-7-22-12-15(21-17(22)9-13)18(24)23-8-6-20-11-16(23)14-3-2-5-19-10-14;;/h2-5,7,9-10,12,16,20H,6,8,11H2,1H3;2*1H. The van der Waals surface area contributed by atoms with Gasteiger partial charge in [-0.15, -0.1) is 24.8 Å². The quantitative estimate of drug-likeness (QED) is 0.726. The van der Waals surface area contributed by atoms with Crippen LogP contribution in [0.5, 0.6) is 0 Å². The first-order valence-electron chi connectivity index (χ1n) is 8.09. The van der Waals surface area contributed by atoms with E-state index in [9.17, 15) is 4.79 Å². The van der Waals surface area contributed by atoms with Gasteiger partial charge in [0.2, 0.25) is 0 Å². The number of carbonyl (C=O) groups excluding carboxylic acids is 1. The SMILES string of the molecule is Cc1ccn2cc(C(=O)N3CCNCC3c3cccnc3)nc2c1.Cl.Cl. The topological polar surface area (TPSA) is 62.5 Å². The fourth-order valence-electron chi connectivity index (χ4n) is 3.15. The maximum Gasteiger partial charge on any atom is 0.274 e. The zero-order valence-corrected chi connectivity index (χ0v) is 16.0. The molecule has 6 nitrogen and oxygen atoms in total. The summed E-state index contributed by atoms with van der Waals surface area (Å²) in [6.07, 6.45) is 7.31. The molecular weight excluding hydrogens is 373 g/mol. The van der Waals surface area contributed by atoms with Crippen LogP contribution >= 0.6 is 24.8 Å². The molecule has 8 heteroatoms. The summed E-state index contributed by atoms with van der Waals surface area (Å²) in [5.41, 5.74) is 3.45. The molecule has 3 aromatic heterocycles. The summed E-state index contributed by atoms with van der Waals surface area (Å²) in [6.45, 7) is 4.19. The predicted molar refractivity (Wildman–Crippen MR) is 105 cm³/mol. The molecule has 1 fully saturated rings. The highest BCUT2D eigenvalue weighted by Gasteiger charge is 2.30. The molecule has 1 atom stereocenters. The lowest BCUT2D eigenvalue weighted by atomic mass is 10.0. The van der Waals surface area contributed by atoms with E-state index in [1.807, 2.05) is 52.9 Å². The molecule has 4 rings (SSSR count). The molecule has 1 unspecified atom stereocenters. The van der Waals surface area contributed by atoms with Crippen molar-refractivity contribution < 1.29 is 4.79 Å². The van der Waals surface area contributed by atoms with Crippen LogP contribution in [0.1, 0.15) is 27.7 Å². The molecule has 1 aliphatic heterocycles. The van der Waals surface area contributed by atoms with Crippen molar-refractivity contribution in [3.8, 4) is 0 Å². The monoisotopic (exact) mass is 393 g/mol. The summed E-state index contributed by atoms with van der Waals surface area (Å²) < 4.78 is 1.89. The number of fused-ring (bicyclic) bond motifs is 1. The number of aryl methyl sites for hydroxylation is 1. The van der Waals surface area contributed by atoms with Crippen LogP contribution in [0.15, 0.2) is 49.1 Å². The number of halogens is 2. The summed E-state index contributed by atoms with van der Waals surface area (Å²) in [5.74, 6) is -0.0355. The number of pyridine rings is 2. The fourth-order valence-corrected chi connectivity index (χ4v) is 3.15. The predicted octanol–water partition coefficient (Wildman–Crippen LogP) is 2.67. The van der Waals surface area contributed by atoms with Crippen LogP contribution in [0.2, 0.25) is 0 Å². The van der Waals surface area contributed by atoms with Crippen LogP contribution in [0.3, 0.4) is 0 Å². The van der Waals surface area contributed by atoms with Crippen molar-refractivity contribution in [1.29, 1.82) is 0 Å². The number of nitrogens with zero attached hydrogens (tertiary/aromatic N) is 4. The Morgan fingerprint density at radius 2 is 2.15 bits per heavy atom. The second-order valence-electron chi connectivity index (χ2n) is 6.10. The summed E-state index contributed by atoms with van der Waals surface area (Å²) in [5, 5.41) is 3.36. The third-order valence-electron chi connectivity index (χ3n) is 4.41. The normalized spacial score (nSPS) is 16.7. The number of nitrogens with one attached hydrogen (secondary N) is 1. The summed E-state index contributed by atoms with van der Waals surface area (Å²) in [6, 6.07) is 7.88. The van der Waals surface area contributed by atoms with E-state index in [-0.39, 0.29) is 36.8 Å². The Morgan fingerprint density at radius 3 is 2.92 bits per heavy atom. The number of piperazine rings is 1. The molecule has 0 radical (unpaired) electrons. The first kappa shape index (κ1) is 20.2. The number of hydrogen-bond acceptors (Lipinski definition) is 4. The number of hydrogen-bond donors (Lipinski definition) is 1. The highest BCUT2D eigenvalue weighted by Crippen LogP contribution is 2.23. The van der Waals surface area contributed by atoms with E-state index in [2.05, 4.69) is 15.3 Å². The van der Waals surface area contributed by atoms with Crippen molar-refractivity contribution in [2.45, 2.75) is 13.0 Å². The van der Waals surface area contributed by atoms with E-state index in [1.54, 1.807) is 12.4 Å². The van der Waals surface area contributed by atoms with E-state index in [1.165, 1.54) is 0 Å². The molecule has 0 aromatic carbocycles. The lowest BCUT2D eigenvalue weighted by molar-refractivity contribution is 0.0628. The van der Waals surface area contributed by atoms with Crippen molar-refractivity contribution in [3.63, 3.8) is 0 Å². The average Bonchev–Trinajstić information content (AvgIpc) is 3.05. The van der Waals surface area contributed by atoms with Crippen molar-refractivity contribution in [1.82, 2.24) is 24.6 Å². The maximum absolute atomic E-state index is 13.0. The van der Waals surface area contributed by atoms with Gasteiger partial charge in [-0.05, 0) is 36.2 Å². The van der Waals surface area contributed by atoms with Gasteiger partial charge in [0, 0.05) is 44.4 Å². The van der Waals surface area contributed by atoms with Gasteiger partial charge in [-0.25, -0.2) is 4.98 Å². The van der Waals surface area contributed by atoms with Gasteiger partial charge in [-0.2, -0.15) is 0 Å². The number of aromatic nitrogens is 3. The Morgan fingerprint density at radius 1 is 1.31 bits per heavy atom. The molecular formula is C18H21Cl2N5O. The molecule has 0 saturated carbocycles. The molecule has 0 spiro atoms. The fraction of sp³-hybridized carbons (Fsp3) is 0.278. The third-order valence-corrected chi connectivity index (χ3v) is 4.41. The van der Waals surface area contributed by atoms with Gasteiger partial charge >= 0.3 is 0 Å². The first-order valence-corrected chi connectivity index (χ1v) is 8.09. The highest BCUT2D eigenvalue weighted by atomic mass is 35.5. The second kappa shape index (κ2) is 8.49. The van der Waals surface area contributed by atoms with Gasteiger partial charge in [0.25, 0.3) is 5.91 Å². The first-order chi connectivity index (χ1) is 11.7. The van der Waals surface area contributed by atoms with Gasteiger partial charge in [0.15, 0.2) is 0 Å². The molecule has 138 valence electrons. The molecule has 26 heavy (non-hydrogen) atoms. The Balaban J connectivity index is 0.00000121. The van der Waals surface area contributed by atoms with Crippen molar-refractivity contribution in [3.05, 3.63) is 65.9 Å². The summed E-state index contributed by atoms with van der Waals surface area (Å²) in [7, 11) is 0. The second-order valence-corrected chi connectivity index (χ2v) is 6.10. The number of amides is 1. The van der Waals surface area contributed by atoms with Crippen LogP contribution in [0.4, 0.5) is 0 Å². The summed E-state index contributed by atoms with van der Waals surface area (Å²) in [4.78, 5) is 23.6. The van der Waals surface area contributed by atoms with Crippen LogP contribution in [-0.4, -0.2) is 44.8 Å². The average molecular weight is 394 g/mol. The Hall–Kier alpha value is -2.15. The van der Waals surface area contributed by atoms with E-state index < -0.39 is 0 Å². The zero-order valence-electron chi connectivity index (χ0n) is 14.3. The van der Waals surface area contributed by atoms with Gasteiger partial charge in [-0.1, -0.05) is 6.07 Å². The lowest BCUT2D eigenvalue weighted by Crippen LogP contribution is -2.48. The van der Waals surface area contributed by atoms with Crippen LogP contribution in [0, 0.1) is 6.92 Å². The summed E-state index contributed by atoms with van der Waals surface area (Å²) >= 11 is 0. The molecule has 1 amide bonds. The number of rotatable bonds is 2. The molecule has 1 N–H and O–H groups in total. The highest BCUT2D eigenvalue weighted by molar-refractivity contribution is 5.93. The Kier molecular flexibility index (Phi) is 6.58. The van der Waals surface area contributed by atoms with E-state index >= 15 is 0 Å². The molecule has 0 aliphatic carbocycles. The Bertz CT molecular complexity index is 884.